The molecule has 1 aliphatic rings. The molecular weight excluding hydrogens is 207 g/mol. The van der Waals surface area contributed by atoms with Gasteiger partial charge in [-0.25, -0.2) is 13.1 Å². The first-order chi connectivity index (χ1) is 5.83. The van der Waals surface area contributed by atoms with Gasteiger partial charge >= 0.3 is 15.5 Å². The highest BCUT2D eigenvalue weighted by Gasteiger charge is 2.46. The second kappa shape index (κ2) is 3.30. The Morgan fingerprint density at radius 2 is 2.00 bits per heavy atom. The standard InChI is InChI=1S/C6H8F3NO2S/c7-6(8,9)13(11,12)10-5-3-1-2-4-5/h1,3,5,10H,2,4H2/t5-/m1/s1. The van der Waals surface area contributed by atoms with Crippen molar-refractivity contribution >= 4 is 10.0 Å². The van der Waals surface area contributed by atoms with Gasteiger partial charge < -0.3 is 0 Å². The summed E-state index contributed by atoms with van der Waals surface area (Å²) < 4.78 is 58.1. The van der Waals surface area contributed by atoms with Crippen LogP contribution in [-0.2, 0) is 10.0 Å². The van der Waals surface area contributed by atoms with Crippen LogP contribution in [0.1, 0.15) is 12.8 Å². The van der Waals surface area contributed by atoms with Gasteiger partial charge in [0.1, 0.15) is 0 Å². The Kier molecular flexibility index (Phi) is 2.67. The molecule has 0 aromatic rings. The molecule has 0 heterocycles. The molecule has 0 aromatic carbocycles. The van der Waals surface area contributed by atoms with Gasteiger partial charge in [0, 0.05) is 6.04 Å². The molecule has 0 unspecified atom stereocenters. The fourth-order valence-electron chi connectivity index (χ4n) is 0.997. The number of sulfonamides is 1. The zero-order valence-corrected chi connectivity index (χ0v) is 7.32. The minimum atomic E-state index is -5.22. The SMILES string of the molecule is O=S(=O)(N[C@@H]1C=CCC1)C(F)(F)F. The van der Waals surface area contributed by atoms with Crippen LogP contribution in [0.15, 0.2) is 12.2 Å². The zero-order valence-electron chi connectivity index (χ0n) is 6.50. The maximum atomic E-state index is 11.8. The van der Waals surface area contributed by atoms with E-state index in [-0.39, 0.29) is 0 Å². The van der Waals surface area contributed by atoms with E-state index in [2.05, 4.69) is 0 Å². The molecule has 0 saturated carbocycles. The molecule has 1 aliphatic carbocycles. The van der Waals surface area contributed by atoms with Crippen molar-refractivity contribution in [2.75, 3.05) is 0 Å². The number of hydrogen-bond acceptors (Lipinski definition) is 2. The van der Waals surface area contributed by atoms with Gasteiger partial charge in [0.15, 0.2) is 0 Å². The molecule has 7 heteroatoms. The number of alkyl halides is 3. The van der Waals surface area contributed by atoms with Crippen molar-refractivity contribution in [3.8, 4) is 0 Å². The Balaban J connectivity index is 2.68. The van der Waals surface area contributed by atoms with Crippen molar-refractivity contribution in [3.05, 3.63) is 12.2 Å². The third-order valence-corrected chi connectivity index (χ3v) is 2.85. The average Bonchev–Trinajstić information content (AvgIpc) is 2.35. The minimum Gasteiger partial charge on any atom is -0.203 e. The maximum Gasteiger partial charge on any atom is 0.511 e. The summed E-state index contributed by atoms with van der Waals surface area (Å²) in [6.07, 6.45) is 4.05. The lowest BCUT2D eigenvalue weighted by molar-refractivity contribution is -0.0449. The normalized spacial score (nSPS) is 23.8. The van der Waals surface area contributed by atoms with Crippen LogP contribution in [0, 0.1) is 0 Å². The van der Waals surface area contributed by atoms with Gasteiger partial charge in [-0.2, -0.15) is 13.2 Å². The lowest BCUT2D eigenvalue weighted by Crippen LogP contribution is -2.41. The van der Waals surface area contributed by atoms with Crippen LogP contribution < -0.4 is 4.72 Å². The van der Waals surface area contributed by atoms with Crippen LogP contribution in [0.2, 0.25) is 0 Å². The molecular formula is C6H8F3NO2S. The fourth-order valence-corrected chi connectivity index (χ4v) is 1.73. The number of allylic oxidation sites excluding steroid dienone is 1. The van der Waals surface area contributed by atoms with E-state index in [4.69, 9.17) is 0 Å². The van der Waals surface area contributed by atoms with E-state index in [1.807, 2.05) is 0 Å². The summed E-state index contributed by atoms with van der Waals surface area (Å²) in [5.74, 6) is 0. The molecule has 0 aromatic heterocycles. The van der Waals surface area contributed by atoms with Gasteiger partial charge in [-0.1, -0.05) is 12.2 Å². The van der Waals surface area contributed by atoms with E-state index in [9.17, 15) is 21.6 Å². The van der Waals surface area contributed by atoms with Crippen molar-refractivity contribution in [3.63, 3.8) is 0 Å². The Hall–Kier alpha value is -0.560. The highest BCUT2D eigenvalue weighted by atomic mass is 32.2. The maximum absolute atomic E-state index is 11.8. The van der Waals surface area contributed by atoms with E-state index in [0.717, 1.165) is 0 Å². The second-order valence-electron chi connectivity index (χ2n) is 2.68. The summed E-state index contributed by atoms with van der Waals surface area (Å²) in [6.45, 7) is 0. The Morgan fingerprint density at radius 3 is 2.38 bits per heavy atom. The molecule has 0 spiro atoms. The summed E-state index contributed by atoms with van der Waals surface area (Å²) in [4.78, 5) is 0. The van der Waals surface area contributed by atoms with Gasteiger partial charge in [-0.3, -0.25) is 0 Å². The van der Waals surface area contributed by atoms with E-state index < -0.39 is 21.6 Å². The van der Waals surface area contributed by atoms with Crippen molar-refractivity contribution in [1.82, 2.24) is 4.72 Å². The first-order valence-corrected chi connectivity index (χ1v) is 5.06. The lowest BCUT2D eigenvalue weighted by atomic mass is 10.3. The molecule has 1 N–H and O–H groups in total. The Morgan fingerprint density at radius 1 is 1.38 bits per heavy atom. The van der Waals surface area contributed by atoms with Gasteiger partial charge in [0.05, 0.1) is 0 Å². The number of halogens is 3. The first kappa shape index (κ1) is 10.5. The van der Waals surface area contributed by atoms with E-state index in [1.54, 1.807) is 10.8 Å². The molecule has 3 nitrogen and oxygen atoms in total. The molecule has 13 heavy (non-hydrogen) atoms. The predicted molar refractivity (Wildman–Crippen MR) is 40.3 cm³/mol. The predicted octanol–water partition coefficient (Wildman–Crippen LogP) is 1.14. The molecule has 1 rings (SSSR count). The van der Waals surface area contributed by atoms with Gasteiger partial charge in [0.2, 0.25) is 0 Å². The Bertz CT molecular complexity index is 306. The third kappa shape index (κ3) is 2.44. The van der Waals surface area contributed by atoms with Gasteiger partial charge in [0.25, 0.3) is 0 Å². The van der Waals surface area contributed by atoms with Gasteiger partial charge in [-0.05, 0) is 12.8 Å². The molecule has 0 aliphatic heterocycles. The molecule has 0 radical (unpaired) electrons. The summed E-state index contributed by atoms with van der Waals surface area (Å²) >= 11 is 0. The van der Waals surface area contributed by atoms with Crippen molar-refractivity contribution in [1.29, 1.82) is 0 Å². The van der Waals surface area contributed by atoms with Crippen LogP contribution in [-0.4, -0.2) is 20.0 Å². The summed E-state index contributed by atoms with van der Waals surface area (Å²) in [6, 6.07) is -0.716. The first-order valence-electron chi connectivity index (χ1n) is 3.58. The Labute approximate surface area is 73.7 Å². The van der Waals surface area contributed by atoms with E-state index in [0.29, 0.717) is 12.8 Å². The lowest BCUT2D eigenvalue weighted by Gasteiger charge is -2.12. The summed E-state index contributed by atoms with van der Waals surface area (Å²) in [5.41, 5.74) is -5.22. The highest BCUT2D eigenvalue weighted by molar-refractivity contribution is 7.90. The van der Waals surface area contributed by atoms with Crippen LogP contribution in [0.3, 0.4) is 0 Å². The molecule has 76 valence electrons. The topological polar surface area (TPSA) is 46.2 Å². The molecule has 0 bridgehead atoms. The van der Waals surface area contributed by atoms with Crippen molar-refractivity contribution < 1.29 is 21.6 Å². The molecule has 0 amide bonds. The average molecular weight is 215 g/mol. The highest BCUT2D eigenvalue weighted by Crippen LogP contribution is 2.23. The van der Waals surface area contributed by atoms with Crippen LogP contribution in [0.5, 0.6) is 0 Å². The largest absolute Gasteiger partial charge is 0.511 e. The minimum absolute atomic E-state index is 0.384. The monoisotopic (exact) mass is 215 g/mol. The third-order valence-electron chi connectivity index (χ3n) is 1.62. The van der Waals surface area contributed by atoms with Crippen molar-refractivity contribution in [2.24, 2.45) is 0 Å². The summed E-state index contributed by atoms with van der Waals surface area (Å²) in [5, 5.41) is 0. The smallest absolute Gasteiger partial charge is 0.203 e. The molecule has 0 fully saturated rings. The quantitative estimate of drug-likeness (QED) is 0.702. The second-order valence-corrected chi connectivity index (χ2v) is 4.38. The number of rotatable bonds is 2. The summed E-state index contributed by atoms with van der Waals surface area (Å²) in [7, 11) is -5.18. The van der Waals surface area contributed by atoms with Crippen LogP contribution >= 0.6 is 0 Å². The van der Waals surface area contributed by atoms with Gasteiger partial charge in [-0.15, -0.1) is 0 Å². The zero-order chi connectivity index (χ0) is 10.1. The number of hydrogen-bond donors (Lipinski definition) is 1. The van der Waals surface area contributed by atoms with E-state index >= 15 is 0 Å². The number of nitrogens with one attached hydrogen (secondary N) is 1. The van der Waals surface area contributed by atoms with Crippen molar-refractivity contribution in [2.45, 2.75) is 24.4 Å². The van der Waals surface area contributed by atoms with Crippen LogP contribution in [0.4, 0.5) is 13.2 Å². The van der Waals surface area contributed by atoms with E-state index in [1.165, 1.54) is 6.08 Å². The molecule has 0 saturated heterocycles. The fraction of sp³-hybridized carbons (Fsp3) is 0.667. The molecule has 1 atom stereocenters. The van der Waals surface area contributed by atoms with Crippen LogP contribution in [0.25, 0.3) is 0 Å².